The average molecular weight is 528 g/mol. The second-order valence-electron chi connectivity index (χ2n) is 10.9. The van der Waals surface area contributed by atoms with Gasteiger partial charge in [0.1, 0.15) is 6.10 Å². The molecular formula is C31H45NO6. The van der Waals surface area contributed by atoms with Gasteiger partial charge in [-0.3, -0.25) is 0 Å². The van der Waals surface area contributed by atoms with Gasteiger partial charge >= 0.3 is 5.97 Å². The Hall–Kier alpha value is -2.24. The summed E-state index contributed by atoms with van der Waals surface area (Å²) in [5.74, 6) is -0.402. The van der Waals surface area contributed by atoms with Crippen LogP contribution in [0, 0.1) is 18.4 Å². The third kappa shape index (κ3) is 8.64. The van der Waals surface area contributed by atoms with E-state index in [-0.39, 0.29) is 60.7 Å². The maximum atomic E-state index is 12.9. The summed E-state index contributed by atoms with van der Waals surface area (Å²) in [4.78, 5) is 16.3. The minimum absolute atomic E-state index is 0.0144. The van der Waals surface area contributed by atoms with E-state index in [9.17, 15) is 4.79 Å². The van der Waals surface area contributed by atoms with Crippen LogP contribution in [0.2, 0.25) is 0 Å². The Morgan fingerprint density at radius 1 is 1.08 bits per heavy atom. The lowest BCUT2D eigenvalue weighted by molar-refractivity contribution is -0.211. The van der Waals surface area contributed by atoms with E-state index in [1.54, 1.807) is 0 Å². The Labute approximate surface area is 228 Å². The van der Waals surface area contributed by atoms with Crippen LogP contribution in [0.1, 0.15) is 73.1 Å². The second kappa shape index (κ2) is 14.8. The lowest BCUT2D eigenvalue weighted by Gasteiger charge is -2.44. The lowest BCUT2D eigenvalue weighted by Crippen LogP contribution is -2.50. The summed E-state index contributed by atoms with van der Waals surface area (Å²) in [7, 11) is 0. The number of rotatable bonds is 9. The first-order valence-corrected chi connectivity index (χ1v) is 14.0. The van der Waals surface area contributed by atoms with Crippen molar-refractivity contribution >= 4 is 5.97 Å². The number of ether oxygens (including phenoxy) is 5. The molecule has 0 spiro atoms. The van der Waals surface area contributed by atoms with Gasteiger partial charge in [0.15, 0.2) is 12.5 Å². The van der Waals surface area contributed by atoms with Crippen molar-refractivity contribution < 1.29 is 28.5 Å². The Morgan fingerprint density at radius 3 is 2.55 bits per heavy atom. The molecule has 0 unspecified atom stereocenters. The van der Waals surface area contributed by atoms with Gasteiger partial charge in [-0.05, 0) is 51.5 Å². The second-order valence-corrected chi connectivity index (χ2v) is 10.9. The molecule has 38 heavy (non-hydrogen) atoms. The highest BCUT2D eigenvalue weighted by molar-refractivity contribution is 5.82. The first kappa shape index (κ1) is 30.3. The third-order valence-corrected chi connectivity index (χ3v) is 7.77. The normalized spacial score (nSPS) is 36.9. The number of carbonyl (C=O) groups excluding carboxylic acids is 1. The molecule has 3 rings (SSSR count). The van der Waals surface area contributed by atoms with E-state index in [1.165, 1.54) is 17.8 Å². The molecule has 3 saturated heterocycles. The van der Waals surface area contributed by atoms with Crippen LogP contribution in [0.5, 0.6) is 0 Å². The SMILES string of the molecule is [C-]#[N+]/C=C(\C)[C@@H]1O[C@H](C/C=C/C)[C@H](C)[C@H](OC(=O)/C=C\C[C@H]2CC(=C)C[C@H](C[C@@H]3CCO[C@H](C)O3)O2)[C@H]1C. The molecule has 0 N–H and O–H groups in total. The van der Waals surface area contributed by atoms with Crippen molar-refractivity contribution in [2.45, 2.75) is 116 Å². The number of carbonyl (C=O) groups is 1. The molecule has 210 valence electrons. The van der Waals surface area contributed by atoms with E-state index in [2.05, 4.69) is 24.4 Å². The van der Waals surface area contributed by atoms with Crippen molar-refractivity contribution in [3.63, 3.8) is 0 Å². The molecule has 0 aromatic rings. The summed E-state index contributed by atoms with van der Waals surface area (Å²) in [6.07, 6.45) is 13.0. The van der Waals surface area contributed by atoms with Crippen molar-refractivity contribution in [2.24, 2.45) is 11.8 Å². The van der Waals surface area contributed by atoms with Crippen LogP contribution in [-0.2, 0) is 28.5 Å². The van der Waals surface area contributed by atoms with Crippen LogP contribution < -0.4 is 0 Å². The van der Waals surface area contributed by atoms with Crippen LogP contribution in [0.4, 0.5) is 0 Å². The highest BCUT2D eigenvalue weighted by atomic mass is 16.7. The van der Waals surface area contributed by atoms with Gasteiger partial charge in [-0.1, -0.05) is 51.2 Å². The summed E-state index contributed by atoms with van der Waals surface area (Å²) < 4.78 is 30.1. The molecule has 9 atom stereocenters. The quantitative estimate of drug-likeness (QED) is 0.151. The fraction of sp³-hybridized carbons (Fsp3) is 0.677. The zero-order valence-electron chi connectivity index (χ0n) is 23.6. The highest BCUT2D eigenvalue weighted by Crippen LogP contribution is 2.37. The maximum absolute atomic E-state index is 12.9. The zero-order chi connectivity index (χ0) is 27.7. The molecule has 3 heterocycles. The van der Waals surface area contributed by atoms with E-state index in [0.29, 0.717) is 13.0 Å². The standard InChI is InChI=1S/C31H45NO6/c1-8-9-12-28-22(4)31(23(5)30(37-28)21(3)19-32-7)38-29(33)13-10-11-25-16-20(2)17-27(36-25)18-26-14-15-34-24(6)35-26/h8-10,13,19,22-28,30-31H,2,11-12,14-18H2,1,3-6H3/b9-8+,13-10-,21-19+/t22-,23-,24-,25-,26-,27+,28+,30-,31-/m0/s1. The van der Waals surface area contributed by atoms with Gasteiger partial charge in [0.2, 0.25) is 0 Å². The van der Waals surface area contributed by atoms with Gasteiger partial charge in [-0.25, -0.2) is 9.64 Å². The molecular weight excluding hydrogens is 482 g/mol. The third-order valence-electron chi connectivity index (χ3n) is 7.77. The molecule has 0 radical (unpaired) electrons. The average Bonchev–Trinajstić information content (AvgIpc) is 2.86. The Balaban J connectivity index is 1.57. The van der Waals surface area contributed by atoms with Crippen molar-refractivity contribution in [1.82, 2.24) is 0 Å². The fourth-order valence-electron chi connectivity index (χ4n) is 5.82. The van der Waals surface area contributed by atoms with Crippen LogP contribution in [0.25, 0.3) is 4.85 Å². The van der Waals surface area contributed by atoms with Gasteiger partial charge in [0.05, 0.1) is 43.7 Å². The minimum atomic E-state index is -0.360. The van der Waals surface area contributed by atoms with E-state index in [1.807, 2.05) is 39.8 Å². The first-order chi connectivity index (χ1) is 18.2. The number of allylic oxidation sites excluding steroid dienone is 1. The lowest BCUT2D eigenvalue weighted by atomic mass is 9.79. The van der Waals surface area contributed by atoms with Crippen LogP contribution >= 0.6 is 0 Å². The van der Waals surface area contributed by atoms with Crippen LogP contribution in [0.3, 0.4) is 0 Å². The highest BCUT2D eigenvalue weighted by Gasteiger charge is 2.43. The molecule has 0 aromatic heterocycles. The molecule has 3 fully saturated rings. The van der Waals surface area contributed by atoms with E-state index < -0.39 is 0 Å². The summed E-state index contributed by atoms with van der Waals surface area (Å²) in [5, 5.41) is 0. The van der Waals surface area contributed by atoms with E-state index in [0.717, 1.165) is 37.7 Å². The molecule has 0 aliphatic carbocycles. The van der Waals surface area contributed by atoms with Gasteiger partial charge in [0.25, 0.3) is 0 Å². The molecule has 0 bridgehead atoms. The molecule has 7 nitrogen and oxygen atoms in total. The number of nitrogens with zero attached hydrogens (tertiary/aromatic N) is 1. The summed E-state index contributed by atoms with van der Waals surface area (Å²) >= 11 is 0. The molecule has 0 aromatic carbocycles. The van der Waals surface area contributed by atoms with Crippen molar-refractivity contribution in [2.75, 3.05) is 6.61 Å². The Morgan fingerprint density at radius 2 is 1.84 bits per heavy atom. The summed E-state index contributed by atoms with van der Waals surface area (Å²) in [5.41, 5.74) is 2.03. The predicted octanol–water partition coefficient (Wildman–Crippen LogP) is 6.32. The van der Waals surface area contributed by atoms with Gasteiger partial charge in [0, 0.05) is 24.3 Å². The molecule has 3 aliphatic rings. The van der Waals surface area contributed by atoms with Crippen molar-refractivity contribution in [3.8, 4) is 0 Å². The minimum Gasteiger partial charge on any atom is -0.458 e. The summed E-state index contributed by atoms with van der Waals surface area (Å²) in [6.45, 7) is 22.0. The monoisotopic (exact) mass is 527 g/mol. The Kier molecular flexibility index (Phi) is 11.8. The molecule has 3 aliphatic heterocycles. The fourth-order valence-corrected chi connectivity index (χ4v) is 5.82. The predicted molar refractivity (Wildman–Crippen MR) is 147 cm³/mol. The number of hydrogen-bond acceptors (Lipinski definition) is 6. The largest absolute Gasteiger partial charge is 0.458 e. The molecule has 0 saturated carbocycles. The molecule has 0 amide bonds. The summed E-state index contributed by atoms with van der Waals surface area (Å²) in [6, 6.07) is 0. The van der Waals surface area contributed by atoms with Gasteiger partial charge in [-0.2, -0.15) is 0 Å². The van der Waals surface area contributed by atoms with E-state index in [4.69, 9.17) is 30.3 Å². The van der Waals surface area contributed by atoms with Crippen LogP contribution in [-0.4, -0.2) is 55.5 Å². The van der Waals surface area contributed by atoms with Crippen LogP contribution in [0.15, 0.2) is 48.2 Å². The van der Waals surface area contributed by atoms with Crippen molar-refractivity contribution in [1.29, 1.82) is 0 Å². The van der Waals surface area contributed by atoms with E-state index >= 15 is 0 Å². The number of esters is 1. The zero-order valence-corrected chi connectivity index (χ0v) is 23.6. The Bertz CT molecular complexity index is 933. The molecule has 7 heteroatoms. The smallest absolute Gasteiger partial charge is 0.330 e. The first-order valence-electron chi connectivity index (χ1n) is 14.0. The topological polar surface area (TPSA) is 67.6 Å². The van der Waals surface area contributed by atoms with Gasteiger partial charge < -0.3 is 23.7 Å². The van der Waals surface area contributed by atoms with Gasteiger partial charge in [-0.15, -0.1) is 0 Å². The number of hydrogen-bond donors (Lipinski definition) is 0. The maximum Gasteiger partial charge on any atom is 0.330 e. The van der Waals surface area contributed by atoms with Crippen molar-refractivity contribution in [3.05, 3.63) is 59.6 Å².